The van der Waals surface area contributed by atoms with E-state index in [1.54, 1.807) is 6.92 Å². The lowest BCUT2D eigenvalue weighted by Crippen LogP contribution is -2.07. The van der Waals surface area contributed by atoms with Crippen LogP contribution in [-0.2, 0) is 9.53 Å². The number of carbonyl (C=O) groups excluding carboxylic acids is 1. The molecule has 0 aliphatic rings. The normalized spacial score (nSPS) is 9.57. The number of esters is 1. The van der Waals surface area contributed by atoms with E-state index >= 15 is 0 Å². The van der Waals surface area contributed by atoms with Gasteiger partial charge in [-0.3, -0.25) is 4.79 Å². The molecule has 0 N–H and O–H groups in total. The first kappa shape index (κ1) is 14.8. The highest BCUT2D eigenvalue weighted by Gasteiger charge is 2.04. The highest BCUT2D eigenvalue weighted by Crippen LogP contribution is 2.20. The molecule has 21 heavy (non-hydrogen) atoms. The van der Waals surface area contributed by atoms with Crippen molar-refractivity contribution < 1.29 is 9.53 Å². The summed E-state index contributed by atoms with van der Waals surface area (Å²) in [5, 5.41) is 0. The Bertz CT molecular complexity index is 600. The maximum Gasteiger partial charge on any atom is 0.328 e. The predicted molar refractivity (Wildman–Crippen MR) is 84.3 cm³/mol. The van der Waals surface area contributed by atoms with Crippen molar-refractivity contribution in [2.24, 2.45) is 4.99 Å². The topological polar surface area (TPSA) is 38.7 Å². The van der Waals surface area contributed by atoms with Crippen LogP contribution in [0.1, 0.15) is 18.1 Å². The number of carbonyl (C=O) groups is 1. The van der Waals surface area contributed by atoms with Crippen LogP contribution in [0, 0.1) is 0 Å². The van der Waals surface area contributed by atoms with E-state index in [2.05, 4.69) is 10.9 Å². The third kappa shape index (κ3) is 4.44. The number of benzene rings is 2. The quantitative estimate of drug-likeness (QED) is 0.622. The molecule has 106 valence electrons. The number of aliphatic imine (C=N–C) groups is 1. The van der Waals surface area contributed by atoms with Crippen LogP contribution in [0.5, 0.6) is 0 Å². The van der Waals surface area contributed by atoms with Gasteiger partial charge in [0.15, 0.2) is 0 Å². The Balaban J connectivity index is 2.33. The van der Waals surface area contributed by atoms with E-state index in [-0.39, 0.29) is 12.5 Å². The highest BCUT2D eigenvalue weighted by molar-refractivity contribution is 5.99. The van der Waals surface area contributed by atoms with Crippen LogP contribution in [0.3, 0.4) is 0 Å². The molecule has 2 rings (SSSR count). The van der Waals surface area contributed by atoms with Crippen LogP contribution >= 0.6 is 0 Å². The summed E-state index contributed by atoms with van der Waals surface area (Å²) in [4.78, 5) is 15.4. The lowest BCUT2D eigenvalue weighted by molar-refractivity contribution is -0.141. The zero-order chi connectivity index (χ0) is 14.9. The summed E-state index contributed by atoms with van der Waals surface area (Å²) < 4.78 is 4.85. The molecule has 0 spiro atoms. The molecule has 2 aromatic rings. The van der Waals surface area contributed by atoms with Gasteiger partial charge < -0.3 is 4.74 Å². The van der Waals surface area contributed by atoms with Gasteiger partial charge in [0.2, 0.25) is 0 Å². The Kier molecular flexibility index (Phi) is 5.50. The summed E-state index contributed by atoms with van der Waals surface area (Å²) in [6.45, 7) is 2.12. The third-order valence-corrected chi connectivity index (χ3v) is 2.83. The molecule has 0 aliphatic heterocycles. The van der Waals surface area contributed by atoms with Gasteiger partial charge in [0.05, 0.1) is 12.2 Å². The van der Waals surface area contributed by atoms with E-state index in [4.69, 9.17) is 4.74 Å². The Morgan fingerprint density at radius 1 is 1.00 bits per heavy atom. The van der Waals surface area contributed by atoms with E-state index in [1.807, 2.05) is 60.7 Å². The monoisotopic (exact) mass is 279 g/mol. The highest BCUT2D eigenvalue weighted by atomic mass is 16.5. The van der Waals surface area contributed by atoms with Crippen LogP contribution in [0.25, 0.3) is 5.57 Å². The fourth-order valence-electron chi connectivity index (χ4n) is 1.90. The van der Waals surface area contributed by atoms with Gasteiger partial charge in [0.25, 0.3) is 0 Å². The second kappa shape index (κ2) is 7.83. The van der Waals surface area contributed by atoms with E-state index in [1.165, 1.54) is 0 Å². The zero-order valence-corrected chi connectivity index (χ0v) is 12.0. The average Bonchev–Trinajstić information content (AvgIpc) is 2.53. The molecule has 0 fully saturated rings. The van der Waals surface area contributed by atoms with Crippen molar-refractivity contribution in [2.75, 3.05) is 13.2 Å². The van der Waals surface area contributed by atoms with Crippen LogP contribution in [0.4, 0.5) is 0 Å². The lowest BCUT2D eigenvalue weighted by atomic mass is 10.00. The van der Waals surface area contributed by atoms with E-state index in [9.17, 15) is 4.79 Å². The van der Waals surface area contributed by atoms with Crippen LogP contribution < -0.4 is 0 Å². The van der Waals surface area contributed by atoms with E-state index in [0.29, 0.717) is 6.61 Å². The van der Waals surface area contributed by atoms with E-state index < -0.39 is 0 Å². The van der Waals surface area contributed by atoms with Gasteiger partial charge in [-0.15, -0.1) is 0 Å². The Hall–Kier alpha value is -2.64. The summed E-state index contributed by atoms with van der Waals surface area (Å²) in [5.74, 6) is 2.64. The molecule has 0 saturated heterocycles. The zero-order valence-electron chi connectivity index (χ0n) is 12.0. The molecule has 0 aromatic heterocycles. The first-order chi connectivity index (χ1) is 10.3. The van der Waals surface area contributed by atoms with Gasteiger partial charge in [-0.05, 0) is 23.9 Å². The fraction of sp³-hybridized carbons (Fsp3) is 0.167. The fourth-order valence-corrected chi connectivity index (χ4v) is 1.90. The largest absolute Gasteiger partial charge is 0.465 e. The molecule has 0 aliphatic carbocycles. The second-order valence-electron chi connectivity index (χ2n) is 4.34. The maximum absolute atomic E-state index is 11.3. The summed E-state index contributed by atoms with van der Waals surface area (Å²) in [7, 11) is 0. The molecule has 0 bridgehead atoms. The summed E-state index contributed by atoms with van der Waals surface area (Å²) >= 11 is 0. The molecular weight excluding hydrogens is 262 g/mol. The lowest BCUT2D eigenvalue weighted by Gasteiger charge is -2.04. The van der Waals surface area contributed by atoms with Crippen molar-refractivity contribution in [2.45, 2.75) is 6.92 Å². The standard InChI is InChI=1S/C18H17NO2/c1-2-21-18(20)14-19-13-17(15-9-5-3-6-10-15)16-11-7-4-8-12-16/h3-12H,2,14H2,1H3. The number of rotatable bonds is 5. The summed E-state index contributed by atoms with van der Waals surface area (Å²) in [6.07, 6.45) is 0. The summed E-state index contributed by atoms with van der Waals surface area (Å²) in [5.41, 5.74) is 2.88. The van der Waals surface area contributed by atoms with Crippen molar-refractivity contribution in [1.82, 2.24) is 0 Å². The molecule has 0 unspecified atom stereocenters. The van der Waals surface area contributed by atoms with Crippen molar-refractivity contribution in [1.29, 1.82) is 0 Å². The molecule has 0 amide bonds. The first-order valence-corrected chi connectivity index (χ1v) is 6.87. The molecular formula is C18H17NO2. The van der Waals surface area contributed by atoms with Crippen molar-refractivity contribution in [3.63, 3.8) is 0 Å². The van der Waals surface area contributed by atoms with Crippen LogP contribution in [0.15, 0.2) is 65.7 Å². The van der Waals surface area contributed by atoms with Crippen LogP contribution in [-0.4, -0.2) is 25.0 Å². The Morgan fingerprint density at radius 3 is 2.00 bits per heavy atom. The SMILES string of the molecule is CCOC(=O)CN=C=C(c1ccccc1)c1ccccc1. The minimum absolute atomic E-state index is 0.0169. The molecule has 0 heterocycles. The van der Waals surface area contributed by atoms with Gasteiger partial charge in [0, 0.05) is 0 Å². The minimum atomic E-state index is -0.342. The number of nitrogens with zero attached hydrogens (tertiary/aromatic N) is 1. The predicted octanol–water partition coefficient (Wildman–Crippen LogP) is 3.35. The second-order valence-corrected chi connectivity index (χ2v) is 4.34. The molecule has 2 aromatic carbocycles. The number of ether oxygens (including phenoxy) is 1. The van der Waals surface area contributed by atoms with Crippen molar-refractivity contribution >= 4 is 17.4 Å². The minimum Gasteiger partial charge on any atom is -0.465 e. The molecule has 3 heteroatoms. The molecule has 0 saturated carbocycles. The van der Waals surface area contributed by atoms with Crippen molar-refractivity contribution in [3.05, 3.63) is 71.8 Å². The van der Waals surface area contributed by atoms with Crippen LogP contribution in [0.2, 0.25) is 0 Å². The number of hydrogen-bond acceptors (Lipinski definition) is 3. The Labute approximate surface area is 124 Å². The molecule has 3 nitrogen and oxygen atoms in total. The molecule has 0 atom stereocenters. The van der Waals surface area contributed by atoms with Gasteiger partial charge in [-0.1, -0.05) is 60.7 Å². The smallest absolute Gasteiger partial charge is 0.328 e. The average molecular weight is 279 g/mol. The van der Waals surface area contributed by atoms with Gasteiger partial charge >= 0.3 is 5.97 Å². The third-order valence-electron chi connectivity index (χ3n) is 2.83. The maximum atomic E-state index is 11.3. The number of hydrogen-bond donors (Lipinski definition) is 0. The van der Waals surface area contributed by atoms with Crippen molar-refractivity contribution in [3.8, 4) is 0 Å². The van der Waals surface area contributed by atoms with Gasteiger partial charge in [0.1, 0.15) is 6.54 Å². The van der Waals surface area contributed by atoms with Gasteiger partial charge in [-0.2, -0.15) is 0 Å². The molecule has 0 radical (unpaired) electrons. The first-order valence-electron chi connectivity index (χ1n) is 6.87. The van der Waals surface area contributed by atoms with E-state index in [0.717, 1.165) is 16.7 Å². The van der Waals surface area contributed by atoms with Gasteiger partial charge in [-0.25, -0.2) is 4.99 Å². The Morgan fingerprint density at radius 2 is 1.52 bits per heavy atom. The summed E-state index contributed by atoms with van der Waals surface area (Å²) in [6, 6.07) is 19.8.